The number of carbonyl (C=O) groups excluding carboxylic acids is 1. The molecule has 0 atom stereocenters. The SMILES string of the molecule is CCOC(=O)N1CCN(S(=O)(=O)N(CC)Cc2ccccc2C)CC1. The van der Waals surface area contributed by atoms with E-state index in [2.05, 4.69) is 0 Å². The summed E-state index contributed by atoms with van der Waals surface area (Å²) in [5.74, 6) is 0. The summed E-state index contributed by atoms with van der Waals surface area (Å²) in [6, 6.07) is 7.79. The second kappa shape index (κ2) is 8.64. The van der Waals surface area contributed by atoms with Crippen LogP contribution in [-0.2, 0) is 21.5 Å². The van der Waals surface area contributed by atoms with Crippen LogP contribution in [0.4, 0.5) is 4.79 Å². The third-order valence-electron chi connectivity index (χ3n) is 4.38. The lowest BCUT2D eigenvalue weighted by Crippen LogP contribution is -2.54. The molecule has 0 saturated carbocycles. The maximum atomic E-state index is 13.0. The van der Waals surface area contributed by atoms with Crippen molar-refractivity contribution in [3.05, 3.63) is 35.4 Å². The third-order valence-corrected chi connectivity index (χ3v) is 6.44. The molecule has 0 spiro atoms. The molecule has 1 aliphatic heterocycles. The maximum Gasteiger partial charge on any atom is 0.409 e. The van der Waals surface area contributed by atoms with Crippen LogP contribution >= 0.6 is 0 Å². The van der Waals surface area contributed by atoms with Gasteiger partial charge in [-0.15, -0.1) is 0 Å². The zero-order chi connectivity index (χ0) is 18.4. The molecule has 1 amide bonds. The first-order valence-electron chi connectivity index (χ1n) is 8.61. The average molecular weight is 369 g/mol. The summed E-state index contributed by atoms with van der Waals surface area (Å²) in [4.78, 5) is 13.3. The van der Waals surface area contributed by atoms with Crippen LogP contribution in [0.5, 0.6) is 0 Å². The van der Waals surface area contributed by atoms with E-state index in [-0.39, 0.29) is 19.2 Å². The molecule has 1 heterocycles. The van der Waals surface area contributed by atoms with Gasteiger partial charge < -0.3 is 9.64 Å². The predicted molar refractivity (Wildman–Crippen MR) is 96.4 cm³/mol. The molecule has 25 heavy (non-hydrogen) atoms. The van der Waals surface area contributed by atoms with E-state index in [0.29, 0.717) is 32.8 Å². The van der Waals surface area contributed by atoms with Gasteiger partial charge in [0.2, 0.25) is 0 Å². The van der Waals surface area contributed by atoms with Gasteiger partial charge in [0.05, 0.1) is 6.61 Å². The topological polar surface area (TPSA) is 70.2 Å². The Morgan fingerprint density at radius 1 is 1.16 bits per heavy atom. The summed E-state index contributed by atoms with van der Waals surface area (Å²) in [5.41, 5.74) is 2.07. The average Bonchev–Trinajstić information content (AvgIpc) is 2.61. The Labute approximate surface area is 150 Å². The molecule has 0 radical (unpaired) electrons. The number of hydrogen-bond donors (Lipinski definition) is 0. The minimum atomic E-state index is -3.56. The molecule has 140 valence electrons. The van der Waals surface area contributed by atoms with Crippen molar-refractivity contribution < 1.29 is 17.9 Å². The van der Waals surface area contributed by atoms with Crippen LogP contribution < -0.4 is 0 Å². The molecule has 2 rings (SSSR count). The molecule has 1 aromatic rings. The monoisotopic (exact) mass is 369 g/mol. The molecule has 0 aromatic heterocycles. The molecular formula is C17H27N3O4S. The van der Waals surface area contributed by atoms with Crippen molar-refractivity contribution in [3.63, 3.8) is 0 Å². The quantitative estimate of drug-likeness (QED) is 0.767. The highest BCUT2D eigenvalue weighted by Gasteiger charge is 2.33. The number of hydrogen-bond acceptors (Lipinski definition) is 4. The van der Waals surface area contributed by atoms with Gasteiger partial charge in [0.1, 0.15) is 0 Å². The van der Waals surface area contributed by atoms with E-state index in [1.54, 1.807) is 11.8 Å². The minimum absolute atomic E-state index is 0.283. The summed E-state index contributed by atoms with van der Waals surface area (Å²) < 4.78 is 33.8. The summed E-state index contributed by atoms with van der Waals surface area (Å²) >= 11 is 0. The summed E-state index contributed by atoms with van der Waals surface area (Å²) in [6.45, 7) is 7.90. The number of nitrogens with zero attached hydrogens (tertiary/aromatic N) is 3. The minimum Gasteiger partial charge on any atom is -0.450 e. The molecule has 0 unspecified atom stereocenters. The van der Waals surface area contributed by atoms with Gasteiger partial charge in [-0.3, -0.25) is 0 Å². The number of rotatable bonds is 6. The van der Waals surface area contributed by atoms with Gasteiger partial charge in [-0.05, 0) is 25.0 Å². The van der Waals surface area contributed by atoms with E-state index in [4.69, 9.17) is 4.74 Å². The van der Waals surface area contributed by atoms with Crippen LogP contribution in [0, 0.1) is 6.92 Å². The Hall–Kier alpha value is -1.64. The van der Waals surface area contributed by atoms with Crippen molar-refractivity contribution in [2.75, 3.05) is 39.3 Å². The van der Waals surface area contributed by atoms with E-state index >= 15 is 0 Å². The van der Waals surface area contributed by atoms with E-state index < -0.39 is 10.2 Å². The van der Waals surface area contributed by atoms with Gasteiger partial charge >= 0.3 is 6.09 Å². The number of ether oxygens (including phenoxy) is 1. The van der Waals surface area contributed by atoms with Gasteiger partial charge in [-0.2, -0.15) is 17.0 Å². The smallest absolute Gasteiger partial charge is 0.409 e. The van der Waals surface area contributed by atoms with Gasteiger partial charge in [-0.25, -0.2) is 4.79 Å². The molecule has 0 bridgehead atoms. The highest BCUT2D eigenvalue weighted by molar-refractivity contribution is 7.86. The molecule has 1 aromatic carbocycles. The number of benzene rings is 1. The molecule has 1 saturated heterocycles. The molecular weight excluding hydrogens is 342 g/mol. The normalized spacial score (nSPS) is 16.2. The molecule has 8 heteroatoms. The highest BCUT2D eigenvalue weighted by atomic mass is 32.2. The van der Waals surface area contributed by atoms with Gasteiger partial charge in [0.25, 0.3) is 10.2 Å². The maximum absolute atomic E-state index is 13.0. The fourth-order valence-corrected chi connectivity index (χ4v) is 4.39. The zero-order valence-corrected chi connectivity index (χ0v) is 16.0. The molecule has 0 aliphatic carbocycles. The molecule has 1 fully saturated rings. The fraction of sp³-hybridized carbons (Fsp3) is 0.588. The Bertz CT molecular complexity index is 685. The second-order valence-corrected chi connectivity index (χ2v) is 7.87. The standard InChI is InChI=1S/C17H27N3O4S/c1-4-19(14-16-9-7-6-8-15(16)3)25(22,23)20-12-10-18(11-13-20)17(21)24-5-2/h6-9H,4-5,10-14H2,1-3H3. The van der Waals surface area contributed by atoms with Gasteiger partial charge in [0, 0.05) is 39.3 Å². The number of aryl methyl sites for hydroxylation is 1. The Kier molecular flexibility index (Phi) is 6.80. The van der Waals surface area contributed by atoms with Crippen molar-refractivity contribution in [2.45, 2.75) is 27.3 Å². The second-order valence-electron chi connectivity index (χ2n) is 5.95. The number of amides is 1. The zero-order valence-electron chi connectivity index (χ0n) is 15.1. The van der Waals surface area contributed by atoms with E-state index in [0.717, 1.165) is 11.1 Å². The molecule has 1 aliphatic rings. The van der Waals surface area contributed by atoms with Gasteiger partial charge in [0.15, 0.2) is 0 Å². The van der Waals surface area contributed by atoms with Crippen molar-refractivity contribution in [1.82, 2.24) is 13.5 Å². The Morgan fingerprint density at radius 2 is 1.80 bits per heavy atom. The first-order chi connectivity index (χ1) is 11.9. The van der Waals surface area contributed by atoms with Crippen LogP contribution in [0.3, 0.4) is 0 Å². The lowest BCUT2D eigenvalue weighted by atomic mass is 10.1. The summed E-state index contributed by atoms with van der Waals surface area (Å²) in [5, 5.41) is 0. The number of piperazine rings is 1. The molecule has 7 nitrogen and oxygen atoms in total. The molecule has 0 N–H and O–H groups in total. The van der Waals surface area contributed by atoms with Crippen LogP contribution in [0.25, 0.3) is 0 Å². The van der Waals surface area contributed by atoms with Gasteiger partial charge in [-0.1, -0.05) is 31.2 Å². The predicted octanol–water partition coefficient (Wildman–Crippen LogP) is 1.84. The van der Waals surface area contributed by atoms with E-state index in [1.807, 2.05) is 38.1 Å². The number of carbonyl (C=O) groups is 1. The van der Waals surface area contributed by atoms with E-state index in [9.17, 15) is 13.2 Å². The van der Waals surface area contributed by atoms with Crippen molar-refractivity contribution in [1.29, 1.82) is 0 Å². The Balaban J connectivity index is 2.04. The van der Waals surface area contributed by atoms with Crippen molar-refractivity contribution in [2.24, 2.45) is 0 Å². The highest BCUT2D eigenvalue weighted by Crippen LogP contribution is 2.17. The van der Waals surface area contributed by atoms with Crippen LogP contribution in [0.1, 0.15) is 25.0 Å². The summed E-state index contributed by atoms with van der Waals surface area (Å²) in [7, 11) is -3.56. The third kappa shape index (κ3) is 4.71. The Morgan fingerprint density at radius 3 is 2.36 bits per heavy atom. The summed E-state index contributed by atoms with van der Waals surface area (Å²) in [6.07, 6.45) is -0.383. The lowest BCUT2D eigenvalue weighted by Gasteiger charge is -2.36. The van der Waals surface area contributed by atoms with Crippen molar-refractivity contribution in [3.8, 4) is 0 Å². The largest absolute Gasteiger partial charge is 0.450 e. The van der Waals surface area contributed by atoms with Crippen LogP contribution in [-0.4, -0.2) is 67.4 Å². The van der Waals surface area contributed by atoms with Crippen LogP contribution in [0.15, 0.2) is 24.3 Å². The van der Waals surface area contributed by atoms with Crippen LogP contribution in [0.2, 0.25) is 0 Å². The first kappa shape index (κ1) is 19.7. The lowest BCUT2D eigenvalue weighted by molar-refractivity contribution is 0.0924. The first-order valence-corrected chi connectivity index (χ1v) is 10.0. The fourth-order valence-electron chi connectivity index (χ4n) is 2.81. The van der Waals surface area contributed by atoms with E-state index in [1.165, 1.54) is 8.61 Å². The van der Waals surface area contributed by atoms with Crippen molar-refractivity contribution >= 4 is 16.3 Å².